The van der Waals surface area contributed by atoms with Crippen molar-refractivity contribution in [2.75, 3.05) is 6.61 Å². The molecule has 0 aliphatic carbocycles. The molecule has 2 heteroatoms. The van der Waals surface area contributed by atoms with Crippen molar-refractivity contribution in [1.29, 1.82) is 0 Å². The van der Waals surface area contributed by atoms with E-state index in [1.165, 1.54) is 0 Å². The molecule has 0 saturated carbocycles. The monoisotopic (exact) mass is 167 g/mol. The van der Waals surface area contributed by atoms with Crippen LogP contribution in [0, 0.1) is 0 Å². The van der Waals surface area contributed by atoms with E-state index in [0.717, 1.165) is 5.56 Å². The third-order valence-corrected chi connectivity index (χ3v) is 1.42. The van der Waals surface area contributed by atoms with Crippen molar-refractivity contribution in [3.05, 3.63) is 35.9 Å². The largest absolute Gasteiger partial charge is 0.391 e. The summed E-state index contributed by atoms with van der Waals surface area (Å²) in [5.41, 5.74) is 1.08. The molecule has 1 N–H and O–H groups in total. The number of hydrogen-bond donors (Lipinski definition) is 1. The quantitative estimate of drug-likeness (QED) is 0.737. The molecule has 0 heterocycles. The van der Waals surface area contributed by atoms with Crippen molar-refractivity contribution >= 4 is 0 Å². The van der Waals surface area contributed by atoms with Gasteiger partial charge in [-0.15, -0.1) is 0 Å². The summed E-state index contributed by atoms with van der Waals surface area (Å²) in [7, 11) is 0. The Bertz CT molecular complexity index is 226. The summed E-state index contributed by atoms with van der Waals surface area (Å²) in [5, 5.41) is 9.02. The van der Waals surface area contributed by atoms with E-state index in [1.807, 2.05) is 30.3 Å². The number of aliphatic hydroxyl groups is 1. The fourth-order valence-electron chi connectivity index (χ4n) is 0.887. The molecule has 0 spiro atoms. The summed E-state index contributed by atoms with van der Waals surface area (Å²) in [4.78, 5) is 0. The van der Waals surface area contributed by atoms with E-state index in [4.69, 9.17) is 11.2 Å². The van der Waals surface area contributed by atoms with E-state index >= 15 is 0 Å². The molecule has 0 unspecified atom stereocenters. The van der Waals surface area contributed by atoms with Gasteiger partial charge in [0.05, 0.1) is 19.3 Å². The molecule has 12 heavy (non-hydrogen) atoms. The molecule has 0 saturated heterocycles. The van der Waals surface area contributed by atoms with Crippen molar-refractivity contribution in [2.45, 2.75) is 19.6 Å². The second-order valence-corrected chi connectivity index (χ2v) is 2.65. The highest BCUT2D eigenvalue weighted by molar-refractivity contribution is 5.13. The lowest BCUT2D eigenvalue weighted by atomic mass is 10.2. The summed E-state index contributed by atoms with van der Waals surface area (Å²) in [5.74, 6) is 0. The molecule has 0 fully saturated rings. The summed E-state index contributed by atoms with van der Waals surface area (Å²) in [6.45, 7) is 0.727. The molecule has 0 aliphatic heterocycles. The fourth-order valence-corrected chi connectivity index (χ4v) is 0.887. The van der Waals surface area contributed by atoms with E-state index < -0.39 is 6.10 Å². The summed E-state index contributed by atoms with van der Waals surface area (Å²) in [6.07, 6.45) is -0.663. The Morgan fingerprint density at radius 1 is 1.50 bits per heavy atom. The van der Waals surface area contributed by atoms with Gasteiger partial charge in [-0.05, 0) is 12.5 Å². The zero-order valence-corrected chi connectivity index (χ0v) is 6.94. The van der Waals surface area contributed by atoms with Gasteiger partial charge in [-0.2, -0.15) is 0 Å². The van der Waals surface area contributed by atoms with Crippen LogP contribution in [0.1, 0.15) is 13.8 Å². The van der Waals surface area contributed by atoms with E-state index in [0.29, 0.717) is 6.61 Å². The molecule has 1 atom stereocenters. The van der Waals surface area contributed by atoms with Gasteiger partial charge >= 0.3 is 0 Å². The van der Waals surface area contributed by atoms with Crippen molar-refractivity contribution in [1.82, 2.24) is 0 Å². The summed E-state index contributed by atoms with van der Waals surface area (Å²) < 4.78 is 12.1. The maximum atomic E-state index is 9.02. The second kappa shape index (κ2) is 4.91. The molecule has 0 amide bonds. The van der Waals surface area contributed by atoms with Crippen LogP contribution in [0.5, 0.6) is 0 Å². The third kappa shape index (κ3) is 3.51. The minimum atomic E-state index is -0.663. The van der Waals surface area contributed by atoms with Gasteiger partial charge in [0.25, 0.3) is 0 Å². The van der Waals surface area contributed by atoms with Crippen LogP contribution >= 0.6 is 0 Å². The van der Waals surface area contributed by atoms with Crippen LogP contribution in [0.4, 0.5) is 0 Å². The summed E-state index contributed by atoms with van der Waals surface area (Å²) in [6, 6.07) is 9.77. The first-order chi connectivity index (χ1) is 6.33. The predicted molar refractivity (Wildman–Crippen MR) is 47.8 cm³/mol. The molecule has 0 radical (unpaired) electrons. The van der Waals surface area contributed by atoms with E-state index in [-0.39, 0.29) is 13.5 Å². The Kier molecular flexibility index (Phi) is 3.18. The number of aliphatic hydroxyl groups excluding tert-OH is 1. The lowest BCUT2D eigenvalue weighted by molar-refractivity contribution is 0.0376. The lowest BCUT2D eigenvalue weighted by Crippen LogP contribution is -2.09. The summed E-state index contributed by atoms with van der Waals surface area (Å²) >= 11 is 0. The highest BCUT2D eigenvalue weighted by atomic mass is 16.5. The van der Waals surface area contributed by atoms with Crippen LogP contribution in [0.15, 0.2) is 30.3 Å². The van der Waals surface area contributed by atoms with Crippen LogP contribution in [-0.2, 0) is 11.3 Å². The number of benzene rings is 1. The van der Waals surface area contributed by atoms with Crippen LogP contribution in [-0.4, -0.2) is 17.8 Å². The van der Waals surface area contributed by atoms with Crippen molar-refractivity contribution in [2.24, 2.45) is 0 Å². The minimum Gasteiger partial charge on any atom is -0.391 e. The molecule has 66 valence electrons. The van der Waals surface area contributed by atoms with Crippen molar-refractivity contribution in [3.8, 4) is 0 Å². The van der Waals surface area contributed by atoms with Gasteiger partial charge in [0, 0.05) is 1.37 Å². The molecule has 0 aliphatic rings. The molecular formula is C10H14O2. The minimum absolute atomic E-state index is 0.00517. The van der Waals surface area contributed by atoms with Gasteiger partial charge in [0.15, 0.2) is 0 Å². The van der Waals surface area contributed by atoms with Gasteiger partial charge < -0.3 is 9.84 Å². The first kappa shape index (κ1) is 7.77. The van der Waals surface area contributed by atoms with Crippen LogP contribution in [0.3, 0.4) is 0 Å². The van der Waals surface area contributed by atoms with Crippen molar-refractivity contribution < 1.29 is 11.2 Å². The molecule has 1 aromatic carbocycles. The number of hydrogen-bond acceptors (Lipinski definition) is 2. The third-order valence-electron chi connectivity index (χ3n) is 1.42. The Morgan fingerprint density at radius 3 is 2.92 bits per heavy atom. The normalized spacial score (nSPS) is 13.9. The molecule has 0 aromatic heterocycles. The Labute approximate surface area is 74.2 Å². The molecule has 1 aromatic rings. The smallest absolute Gasteiger partial charge is 0.0745 e. The number of ether oxygens (including phenoxy) is 1. The lowest BCUT2D eigenvalue weighted by Gasteiger charge is -2.05. The fraction of sp³-hybridized carbons (Fsp3) is 0.400. The van der Waals surface area contributed by atoms with Gasteiger partial charge in [-0.3, -0.25) is 0 Å². The van der Waals surface area contributed by atoms with Gasteiger partial charge in [0.2, 0.25) is 0 Å². The number of rotatable bonds is 4. The van der Waals surface area contributed by atoms with Gasteiger partial charge in [-0.1, -0.05) is 30.3 Å². The zero-order chi connectivity index (χ0) is 9.52. The van der Waals surface area contributed by atoms with E-state index in [2.05, 4.69) is 0 Å². The van der Waals surface area contributed by atoms with Gasteiger partial charge in [0.1, 0.15) is 0 Å². The average Bonchev–Trinajstić information content (AvgIpc) is 2.19. The topological polar surface area (TPSA) is 29.5 Å². The first-order valence-electron chi connectivity index (χ1n) is 4.62. The molecule has 2 nitrogen and oxygen atoms in total. The zero-order valence-electron chi connectivity index (χ0n) is 7.94. The van der Waals surface area contributed by atoms with E-state index in [1.54, 1.807) is 0 Å². The highest BCUT2D eigenvalue weighted by Gasteiger charge is 1.95. The Hall–Kier alpha value is -0.860. The Balaban J connectivity index is 2.20. The molecule has 1 rings (SSSR count). The van der Waals surface area contributed by atoms with Crippen LogP contribution in [0.2, 0.25) is 0 Å². The maximum absolute atomic E-state index is 9.02. The standard InChI is InChI=1S/C10H14O2/c1-9(11)7-12-8-10-5-3-2-4-6-10/h2-6,9,11H,7-8H2,1H3/t9-/m0/s1/i1D. The van der Waals surface area contributed by atoms with Gasteiger partial charge in [-0.25, -0.2) is 0 Å². The van der Waals surface area contributed by atoms with Crippen molar-refractivity contribution in [3.63, 3.8) is 0 Å². The second-order valence-electron chi connectivity index (χ2n) is 2.65. The molecular weight excluding hydrogens is 152 g/mol. The Morgan fingerprint density at radius 2 is 2.25 bits per heavy atom. The van der Waals surface area contributed by atoms with Crippen LogP contribution < -0.4 is 0 Å². The predicted octanol–water partition coefficient (Wildman–Crippen LogP) is 1.58. The maximum Gasteiger partial charge on any atom is 0.0745 e. The van der Waals surface area contributed by atoms with E-state index in [9.17, 15) is 0 Å². The molecule has 0 bridgehead atoms. The SMILES string of the molecule is [2H]C[C@H](O)COCc1ccccc1. The first-order valence-corrected chi connectivity index (χ1v) is 3.92. The van der Waals surface area contributed by atoms with Crippen LogP contribution in [0.25, 0.3) is 0 Å². The highest BCUT2D eigenvalue weighted by Crippen LogP contribution is 2.00. The average molecular weight is 167 g/mol.